The number of benzene rings is 1. The number of carbonyl (C=O) groups is 1. The van der Waals surface area contributed by atoms with Gasteiger partial charge in [-0.25, -0.2) is 8.42 Å². The molecule has 1 heterocycles. The zero-order valence-corrected chi connectivity index (χ0v) is 16.0. The van der Waals surface area contributed by atoms with E-state index in [1.165, 1.54) is 25.3 Å². The molecule has 1 N–H and O–H groups in total. The Morgan fingerprint density at radius 3 is 2.65 bits per heavy atom. The van der Waals surface area contributed by atoms with Gasteiger partial charge in [0.25, 0.3) is 0 Å². The van der Waals surface area contributed by atoms with Gasteiger partial charge in [-0.05, 0) is 30.3 Å². The highest BCUT2D eigenvalue weighted by Gasteiger charge is 2.26. The zero-order chi connectivity index (χ0) is 19.2. The summed E-state index contributed by atoms with van der Waals surface area (Å²) in [5.74, 6) is -0.0394. The van der Waals surface area contributed by atoms with Crippen molar-refractivity contribution < 1.29 is 17.9 Å². The first kappa shape index (κ1) is 20.2. The molecule has 7 nitrogen and oxygen atoms in total. The fourth-order valence-electron chi connectivity index (χ4n) is 2.23. The molecule has 1 aromatic heterocycles. The van der Waals surface area contributed by atoms with Crippen LogP contribution < -0.4 is 10.1 Å². The van der Waals surface area contributed by atoms with Crippen molar-refractivity contribution in [2.24, 2.45) is 0 Å². The van der Waals surface area contributed by atoms with E-state index in [-0.39, 0.29) is 29.6 Å². The molecule has 0 fully saturated rings. The quantitative estimate of drug-likeness (QED) is 0.736. The molecule has 0 radical (unpaired) electrons. The maximum absolute atomic E-state index is 12.8. The van der Waals surface area contributed by atoms with E-state index in [1.807, 2.05) is 6.07 Å². The summed E-state index contributed by atoms with van der Waals surface area (Å²) in [5.41, 5.74) is 0.689. The van der Waals surface area contributed by atoms with Crippen LogP contribution in [0.5, 0.6) is 5.75 Å². The minimum absolute atomic E-state index is 0.00248. The Balaban J connectivity index is 2.08. The van der Waals surface area contributed by atoms with Crippen molar-refractivity contribution in [3.8, 4) is 5.75 Å². The number of pyridine rings is 1. The van der Waals surface area contributed by atoms with Crippen molar-refractivity contribution in [2.75, 3.05) is 20.2 Å². The minimum Gasteiger partial charge on any atom is -0.495 e. The number of ether oxygens (including phenoxy) is 1. The summed E-state index contributed by atoms with van der Waals surface area (Å²) >= 11 is 6.01. The first-order chi connectivity index (χ1) is 12.4. The molecule has 0 aliphatic carbocycles. The van der Waals surface area contributed by atoms with E-state index in [0.29, 0.717) is 11.4 Å². The third-order valence-electron chi connectivity index (χ3n) is 3.63. The van der Waals surface area contributed by atoms with Crippen LogP contribution >= 0.6 is 11.6 Å². The molecule has 0 aliphatic heterocycles. The van der Waals surface area contributed by atoms with Crippen LogP contribution in [-0.4, -0.2) is 43.8 Å². The highest BCUT2D eigenvalue weighted by molar-refractivity contribution is 7.89. The molecule has 2 aromatic rings. The second-order valence-corrected chi connectivity index (χ2v) is 7.67. The van der Waals surface area contributed by atoms with Crippen molar-refractivity contribution in [3.63, 3.8) is 0 Å². The molecule has 0 aliphatic rings. The van der Waals surface area contributed by atoms with Gasteiger partial charge in [0.05, 0.1) is 35.8 Å². The van der Waals surface area contributed by atoms with Gasteiger partial charge in [-0.3, -0.25) is 9.78 Å². The van der Waals surface area contributed by atoms with Gasteiger partial charge >= 0.3 is 0 Å². The number of likely N-dealkylation sites (N-methyl/N-ethyl adjacent to an activating group) is 1. The summed E-state index contributed by atoms with van der Waals surface area (Å²) in [7, 11) is -2.42. The standard InChI is InChI=1S/C17H20ClN3O4S/c1-3-21(12-17(22)20-11-13-6-4-5-9-19-13)26(23,24)14-7-8-16(25-2)15(18)10-14/h4-10H,3,11-12H2,1-2H3,(H,20,22). The summed E-state index contributed by atoms with van der Waals surface area (Å²) in [6.45, 7) is 1.73. The molecule has 0 spiro atoms. The topological polar surface area (TPSA) is 88.6 Å². The van der Waals surface area contributed by atoms with Crippen LogP contribution in [0.1, 0.15) is 12.6 Å². The van der Waals surface area contributed by atoms with Gasteiger partial charge in [-0.2, -0.15) is 4.31 Å². The molecule has 140 valence electrons. The Hall–Kier alpha value is -2.16. The largest absolute Gasteiger partial charge is 0.495 e. The number of hydrogen-bond acceptors (Lipinski definition) is 5. The van der Waals surface area contributed by atoms with Crippen LogP contribution in [0.4, 0.5) is 0 Å². The van der Waals surface area contributed by atoms with Gasteiger partial charge in [0.15, 0.2) is 0 Å². The summed E-state index contributed by atoms with van der Waals surface area (Å²) in [6, 6.07) is 9.54. The van der Waals surface area contributed by atoms with E-state index in [4.69, 9.17) is 16.3 Å². The highest BCUT2D eigenvalue weighted by atomic mass is 35.5. The normalized spacial score (nSPS) is 11.4. The zero-order valence-electron chi connectivity index (χ0n) is 14.5. The Morgan fingerprint density at radius 2 is 2.08 bits per heavy atom. The molecule has 2 rings (SSSR count). The van der Waals surface area contributed by atoms with Gasteiger partial charge in [0, 0.05) is 12.7 Å². The molecule has 0 saturated carbocycles. The van der Waals surface area contributed by atoms with Crippen LogP contribution in [-0.2, 0) is 21.4 Å². The van der Waals surface area contributed by atoms with E-state index in [1.54, 1.807) is 25.3 Å². The molecule has 26 heavy (non-hydrogen) atoms. The molecule has 0 saturated heterocycles. The second kappa shape index (κ2) is 8.98. The molecule has 9 heteroatoms. The highest BCUT2D eigenvalue weighted by Crippen LogP contribution is 2.28. The third kappa shape index (κ3) is 4.94. The number of rotatable bonds is 8. The second-order valence-electron chi connectivity index (χ2n) is 5.33. The molecule has 0 atom stereocenters. The first-order valence-corrected chi connectivity index (χ1v) is 9.70. The van der Waals surface area contributed by atoms with Crippen molar-refractivity contribution in [3.05, 3.63) is 53.3 Å². The van der Waals surface area contributed by atoms with Crippen molar-refractivity contribution >= 4 is 27.5 Å². The number of methoxy groups -OCH3 is 1. The number of sulfonamides is 1. The van der Waals surface area contributed by atoms with Gasteiger partial charge in [0.2, 0.25) is 15.9 Å². The molecular formula is C17H20ClN3O4S. The number of halogens is 1. The Morgan fingerprint density at radius 1 is 1.31 bits per heavy atom. The summed E-state index contributed by atoms with van der Waals surface area (Å²) in [6.07, 6.45) is 1.62. The average Bonchev–Trinajstić information content (AvgIpc) is 2.65. The van der Waals surface area contributed by atoms with Crippen LogP contribution in [0.3, 0.4) is 0 Å². The van der Waals surface area contributed by atoms with Crippen molar-refractivity contribution in [2.45, 2.75) is 18.4 Å². The van der Waals surface area contributed by atoms with E-state index >= 15 is 0 Å². The fraction of sp³-hybridized carbons (Fsp3) is 0.294. The SMILES string of the molecule is CCN(CC(=O)NCc1ccccn1)S(=O)(=O)c1ccc(OC)c(Cl)c1. The predicted octanol–water partition coefficient (Wildman–Crippen LogP) is 2.07. The van der Waals surface area contributed by atoms with Gasteiger partial charge in [0.1, 0.15) is 5.75 Å². The van der Waals surface area contributed by atoms with Crippen LogP contribution in [0, 0.1) is 0 Å². The molecule has 1 aromatic carbocycles. The summed E-state index contributed by atoms with van der Waals surface area (Å²) < 4.78 is 31.6. The first-order valence-electron chi connectivity index (χ1n) is 7.88. The molecule has 0 bridgehead atoms. The number of amides is 1. The monoisotopic (exact) mass is 397 g/mol. The van der Waals surface area contributed by atoms with Gasteiger partial charge in [-0.1, -0.05) is 24.6 Å². The Labute approximate surface area is 158 Å². The van der Waals surface area contributed by atoms with E-state index in [0.717, 1.165) is 4.31 Å². The lowest BCUT2D eigenvalue weighted by molar-refractivity contribution is -0.121. The number of nitrogens with zero attached hydrogens (tertiary/aromatic N) is 2. The number of hydrogen-bond donors (Lipinski definition) is 1. The Bertz CT molecular complexity index is 860. The fourth-order valence-corrected chi connectivity index (χ4v) is 3.99. The number of nitrogens with one attached hydrogen (secondary N) is 1. The lowest BCUT2D eigenvalue weighted by Crippen LogP contribution is -2.40. The lowest BCUT2D eigenvalue weighted by atomic mass is 10.3. The van der Waals surface area contributed by atoms with Gasteiger partial charge < -0.3 is 10.1 Å². The van der Waals surface area contributed by atoms with E-state index < -0.39 is 15.9 Å². The van der Waals surface area contributed by atoms with Crippen molar-refractivity contribution in [1.29, 1.82) is 0 Å². The lowest BCUT2D eigenvalue weighted by Gasteiger charge is -2.20. The minimum atomic E-state index is -3.86. The third-order valence-corrected chi connectivity index (χ3v) is 5.84. The maximum Gasteiger partial charge on any atom is 0.243 e. The average molecular weight is 398 g/mol. The Kier molecular flexibility index (Phi) is 6.96. The van der Waals surface area contributed by atoms with Crippen LogP contribution in [0.15, 0.2) is 47.5 Å². The van der Waals surface area contributed by atoms with Gasteiger partial charge in [-0.15, -0.1) is 0 Å². The van der Waals surface area contributed by atoms with Crippen LogP contribution in [0.2, 0.25) is 5.02 Å². The number of aromatic nitrogens is 1. The van der Waals surface area contributed by atoms with E-state index in [2.05, 4.69) is 10.3 Å². The molecule has 0 unspecified atom stereocenters. The van der Waals surface area contributed by atoms with Crippen molar-refractivity contribution in [1.82, 2.24) is 14.6 Å². The van der Waals surface area contributed by atoms with Crippen LogP contribution in [0.25, 0.3) is 0 Å². The van der Waals surface area contributed by atoms with E-state index in [9.17, 15) is 13.2 Å². The number of carbonyl (C=O) groups excluding carboxylic acids is 1. The predicted molar refractivity (Wildman–Crippen MR) is 98.5 cm³/mol. The molecular weight excluding hydrogens is 378 g/mol. The maximum atomic E-state index is 12.8. The summed E-state index contributed by atoms with van der Waals surface area (Å²) in [4.78, 5) is 16.2. The molecule has 1 amide bonds. The smallest absolute Gasteiger partial charge is 0.243 e. The summed E-state index contributed by atoms with van der Waals surface area (Å²) in [5, 5.41) is 2.85.